The highest BCUT2D eigenvalue weighted by Gasteiger charge is 2.31. The van der Waals surface area contributed by atoms with Crippen LogP contribution in [0.4, 0.5) is 5.13 Å². The quantitative estimate of drug-likeness (QED) is 0.923. The van der Waals surface area contributed by atoms with Gasteiger partial charge < -0.3 is 0 Å². The van der Waals surface area contributed by atoms with Crippen molar-refractivity contribution in [3.8, 4) is 0 Å². The second-order valence-electron chi connectivity index (χ2n) is 4.52. The van der Waals surface area contributed by atoms with E-state index < -0.39 is 15.9 Å². The Kier molecular flexibility index (Phi) is 4.07. The molecule has 1 fully saturated rings. The van der Waals surface area contributed by atoms with Crippen molar-refractivity contribution in [1.82, 2.24) is 9.29 Å². The van der Waals surface area contributed by atoms with Gasteiger partial charge in [-0.15, -0.1) is 22.7 Å². The lowest BCUT2D eigenvalue weighted by molar-refractivity contribution is 0.102. The number of thiophene rings is 1. The van der Waals surface area contributed by atoms with E-state index in [-0.39, 0.29) is 9.77 Å². The summed E-state index contributed by atoms with van der Waals surface area (Å²) < 4.78 is 26.6. The minimum Gasteiger partial charge on any atom is -0.297 e. The van der Waals surface area contributed by atoms with E-state index in [0.717, 1.165) is 24.2 Å². The number of nitrogens with one attached hydrogen (secondary N) is 1. The van der Waals surface area contributed by atoms with Gasteiger partial charge in [0.05, 0.1) is 0 Å². The van der Waals surface area contributed by atoms with Crippen LogP contribution in [0.15, 0.2) is 27.9 Å². The van der Waals surface area contributed by atoms with Gasteiger partial charge >= 0.3 is 0 Å². The Bertz CT molecular complexity index is 731. The molecule has 0 bridgehead atoms. The monoisotopic (exact) mass is 343 g/mol. The molecule has 2 aromatic heterocycles. The molecule has 0 aliphatic carbocycles. The summed E-state index contributed by atoms with van der Waals surface area (Å²) in [4.78, 5) is 16.5. The number of anilines is 1. The second kappa shape index (κ2) is 5.84. The Morgan fingerprint density at radius 2 is 2.00 bits per heavy atom. The third kappa shape index (κ3) is 2.86. The maximum atomic E-state index is 12.6. The van der Waals surface area contributed by atoms with Crippen LogP contribution < -0.4 is 5.32 Å². The van der Waals surface area contributed by atoms with Gasteiger partial charge in [-0.1, -0.05) is 0 Å². The lowest BCUT2D eigenvalue weighted by atomic mass is 10.4. The molecule has 6 nitrogen and oxygen atoms in total. The fraction of sp³-hybridized carbons (Fsp3) is 0.333. The first kappa shape index (κ1) is 14.6. The summed E-state index contributed by atoms with van der Waals surface area (Å²) in [7, 11) is -3.58. The predicted molar refractivity (Wildman–Crippen MR) is 82.4 cm³/mol. The van der Waals surface area contributed by atoms with Crippen molar-refractivity contribution in [2.45, 2.75) is 17.7 Å². The van der Waals surface area contributed by atoms with Crippen molar-refractivity contribution >= 4 is 43.7 Å². The molecule has 1 aliphatic heterocycles. The molecule has 112 valence electrons. The van der Waals surface area contributed by atoms with Gasteiger partial charge in [-0.3, -0.25) is 10.1 Å². The van der Waals surface area contributed by atoms with Gasteiger partial charge in [0.1, 0.15) is 9.77 Å². The number of amides is 1. The van der Waals surface area contributed by atoms with E-state index in [0.29, 0.717) is 18.2 Å². The number of hydrogen-bond donors (Lipinski definition) is 1. The number of rotatable bonds is 4. The lowest BCUT2D eigenvalue weighted by Gasteiger charge is -2.15. The molecule has 21 heavy (non-hydrogen) atoms. The van der Waals surface area contributed by atoms with E-state index in [1.165, 1.54) is 21.7 Å². The van der Waals surface area contributed by atoms with Gasteiger partial charge in [0.25, 0.3) is 5.91 Å². The molecule has 3 heterocycles. The molecule has 0 saturated carbocycles. The molecule has 2 aromatic rings. The van der Waals surface area contributed by atoms with E-state index in [1.807, 2.05) is 0 Å². The summed E-state index contributed by atoms with van der Waals surface area (Å²) in [6, 6.07) is 1.50. The third-order valence-electron chi connectivity index (χ3n) is 3.17. The Hall–Kier alpha value is -1.29. The maximum absolute atomic E-state index is 12.6. The van der Waals surface area contributed by atoms with Crippen LogP contribution in [0.2, 0.25) is 0 Å². The minimum absolute atomic E-state index is 0.0865. The van der Waals surface area contributed by atoms with Crippen LogP contribution in [-0.2, 0) is 10.0 Å². The Morgan fingerprint density at radius 1 is 1.24 bits per heavy atom. The highest BCUT2D eigenvalue weighted by Crippen LogP contribution is 2.28. The normalized spacial score (nSPS) is 16.2. The summed E-state index contributed by atoms with van der Waals surface area (Å²) in [5.74, 6) is -0.433. The molecule has 0 spiro atoms. The highest BCUT2D eigenvalue weighted by molar-refractivity contribution is 7.89. The van der Waals surface area contributed by atoms with Crippen molar-refractivity contribution in [1.29, 1.82) is 0 Å². The van der Waals surface area contributed by atoms with E-state index in [2.05, 4.69) is 10.3 Å². The SMILES string of the molecule is O=C(Nc1nccs1)c1sccc1S(=O)(=O)N1CCCC1. The van der Waals surface area contributed by atoms with E-state index >= 15 is 0 Å². The predicted octanol–water partition coefficient (Wildman–Crippen LogP) is 2.24. The van der Waals surface area contributed by atoms with Crippen LogP contribution in [0, 0.1) is 0 Å². The van der Waals surface area contributed by atoms with E-state index in [9.17, 15) is 13.2 Å². The number of carbonyl (C=O) groups is 1. The molecule has 1 saturated heterocycles. The average molecular weight is 343 g/mol. The molecule has 0 radical (unpaired) electrons. The van der Waals surface area contributed by atoms with Crippen molar-refractivity contribution in [2.24, 2.45) is 0 Å². The number of thiazole rings is 1. The van der Waals surface area contributed by atoms with Crippen LogP contribution in [0.1, 0.15) is 22.5 Å². The van der Waals surface area contributed by atoms with Crippen LogP contribution >= 0.6 is 22.7 Å². The van der Waals surface area contributed by atoms with Gasteiger partial charge in [0, 0.05) is 24.7 Å². The molecule has 1 aliphatic rings. The lowest BCUT2D eigenvalue weighted by Crippen LogP contribution is -2.29. The van der Waals surface area contributed by atoms with Crippen LogP contribution in [0.5, 0.6) is 0 Å². The summed E-state index contributed by atoms with van der Waals surface area (Å²) in [6.07, 6.45) is 3.31. The molecule has 0 atom stereocenters. The highest BCUT2D eigenvalue weighted by atomic mass is 32.2. The minimum atomic E-state index is -3.58. The van der Waals surface area contributed by atoms with Crippen molar-refractivity contribution in [3.63, 3.8) is 0 Å². The van der Waals surface area contributed by atoms with Gasteiger partial charge in [-0.2, -0.15) is 4.31 Å². The third-order valence-corrected chi connectivity index (χ3v) is 6.84. The second-order valence-corrected chi connectivity index (χ2v) is 8.23. The first-order valence-electron chi connectivity index (χ1n) is 6.37. The van der Waals surface area contributed by atoms with Gasteiger partial charge in [-0.25, -0.2) is 13.4 Å². The van der Waals surface area contributed by atoms with Crippen LogP contribution in [0.3, 0.4) is 0 Å². The van der Waals surface area contributed by atoms with Crippen molar-refractivity contribution < 1.29 is 13.2 Å². The summed E-state index contributed by atoms with van der Waals surface area (Å²) in [6.45, 7) is 1.04. The zero-order chi connectivity index (χ0) is 14.9. The number of hydrogen-bond acceptors (Lipinski definition) is 6. The topological polar surface area (TPSA) is 79.4 Å². The molecule has 0 aromatic carbocycles. The molecule has 9 heteroatoms. The molecule has 1 N–H and O–H groups in total. The fourth-order valence-corrected chi connectivity index (χ4v) is 5.51. The van der Waals surface area contributed by atoms with E-state index in [4.69, 9.17) is 0 Å². The Balaban J connectivity index is 1.88. The van der Waals surface area contributed by atoms with E-state index in [1.54, 1.807) is 17.0 Å². The van der Waals surface area contributed by atoms with Crippen molar-refractivity contribution in [2.75, 3.05) is 18.4 Å². The Labute approximate surface area is 130 Å². The maximum Gasteiger partial charge on any atom is 0.268 e. The van der Waals surface area contributed by atoms with Crippen LogP contribution in [0.25, 0.3) is 0 Å². The largest absolute Gasteiger partial charge is 0.297 e. The average Bonchev–Trinajstić information content (AvgIpc) is 3.20. The summed E-state index contributed by atoms with van der Waals surface area (Å²) >= 11 is 2.41. The van der Waals surface area contributed by atoms with Gasteiger partial charge in [-0.05, 0) is 24.3 Å². The number of carbonyl (C=O) groups excluding carboxylic acids is 1. The Morgan fingerprint density at radius 3 is 2.67 bits per heavy atom. The molecular weight excluding hydrogens is 330 g/mol. The molecule has 1 amide bonds. The van der Waals surface area contributed by atoms with Gasteiger partial charge in [0.15, 0.2) is 5.13 Å². The van der Waals surface area contributed by atoms with Crippen LogP contribution in [-0.4, -0.2) is 36.7 Å². The molecular formula is C12H13N3O3S3. The smallest absolute Gasteiger partial charge is 0.268 e. The number of sulfonamides is 1. The summed E-state index contributed by atoms with van der Waals surface area (Å²) in [5.41, 5.74) is 0. The van der Waals surface area contributed by atoms with Gasteiger partial charge in [0.2, 0.25) is 10.0 Å². The zero-order valence-corrected chi connectivity index (χ0v) is 13.4. The number of nitrogens with zero attached hydrogens (tertiary/aromatic N) is 2. The molecule has 3 rings (SSSR count). The first-order valence-corrected chi connectivity index (χ1v) is 9.57. The molecule has 0 unspecified atom stereocenters. The fourth-order valence-electron chi connectivity index (χ4n) is 2.17. The zero-order valence-electron chi connectivity index (χ0n) is 11.0. The standard InChI is InChI=1S/C12H13N3O3S3/c16-11(14-12-13-4-8-20-12)10-9(3-7-19-10)21(17,18)15-5-1-2-6-15/h3-4,7-8H,1-2,5-6H2,(H,13,14,16). The first-order chi connectivity index (χ1) is 10.1. The van der Waals surface area contributed by atoms with Crippen molar-refractivity contribution in [3.05, 3.63) is 27.9 Å². The summed E-state index contributed by atoms with van der Waals surface area (Å²) in [5, 5.41) is 6.45. The number of aromatic nitrogens is 1.